The lowest BCUT2D eigenvalue weighted by molar-refractivity contribution is 0.105. The van der Waals surface area contributed by atoms with Crippen LogP contribution < -0.4 is 5.32 Å². The molecule has 0 saturated carbocycles. The van der Waals surface area contributed by atoms with Crippen LogP contribution in [0.3, 0.4) is 0 Å². The predicted molar refractivity (Wildman–Crippen MR) is 66.8 cm³/mol. The van der Waals surface area contributed by atoms with Gasteiger partial charge in [0.2, 0.25) is 0 Å². The van der Waals surface area contributed by atoms with Crippen molar-refractivity contribution in [2.45, 2.75) is 39.8 Å². The number of ether oxygens (including phenoxy) is 1. The van der Waals surface area contributed by atoms with E-state index in [9.17, 15) is 0 Å². The minimum Gasteiger partial charge on any atom is -0.378 e. The molecule has 1 fully saturated rings. The van der Waals surface area contributed by atoms with Gasteiger partial charge in [0.1, 0.15) is 0 Å². The van der Waals surface area contributed by atoms with Crippen LogP contribution in [0, 0.1) is 19.8 Å². The summed E-state index contributed by atoms with van der Waals surface area (Å²) in [4.78, 5) is 5.80. The molecule has 1 saturated heterocycles. The molecule has 0 spiro atoms. The Bertz CT molecular complexity index is 351. The van der Waals surface area contributed by atoms with E-state index in [1.807, 2.05) is 0 Å². The molecule has 1 aromatic heterocycles. The van der Waals surface area contributed by atoms with E-state index in [0.717, 1.165) is 24.7 Å². The molecule has 1 N–H and O–H groups in total. The third-order valence-corrected chi connectivity index (χ3v) is 4.30. The number of thiazole rings is 1. The molecule has 1 aliphatic rings. The summed E-state index contributed by atoms with van der Waals surface area (Å²) in [5.74, 6) is 0.675. The van der Waals surface area contributed by atoms with Crippen LogP contribution in [-0.4, -0.2) is 24.2 Å². The molecule has 2 unspecified atom stereocenters. The van der Waals surface area contributed by atoms with Gasteiger partial charge in [-0.05, 0) is 33.1 Å². The number of aromatic nitrogens is 1. The number of rotatable bonds is 4. The summed E-state index contributed by atoms with van der Waals surface area (Å²) in [6, 6.07) is 0. The molecule has 90 valence electrons. The van der Waals surface area contributed by atoms with Crippen molar-refractivity contribution in [3.63, 3.8) is 0 Å². The Morgan fingerprint density at radius 2 is 2.31 bits per heavy atom. The van der Waals surface area contributed by atoms with Gasteiger partial charge in [-0.2, -0.15) is 0 Å². The maximum absolute atomic E-state index is 5.55. The van der Waals surface area contributed by atoms with Crippen molar-refractivity contribution in [3.05, 3.63) is 15.6 Å². The molecule has 0 aromatic carbocycles. The van der Waals surface area contributed by atoms with E-state index in [-0.39, 0.29) is 0 Å². The third kappa shape index (κ3) is 2.81. The standard InChI is InChI=1S/C12H20N2OS/c1-8-12(16-10(3)14-8)7-13-6-11-4-5-15-9(11)2/h9,11,13H,4-7H2,1-3H3. The van der Waals surface area contributed by atoms with Gasteiger partial charge >= 0.3 is 0 Å². The van der Waals surface area contributed by atoms with E-state index in [2.05, 4.69) is 31.1 Å². The Kier molecular flexibility index (Phi) is 3.95. The molecule has 2 heterocycles. The second-order valence-corrected chi connectivity index (χ2v) is 5.78. The average Bonchev–Trinajstić information content (AvgIpc) is 2.75. The lowest BCUT2D eigenvalue weighted by Crippen LogP contribution is -2.26. The van der Waals surface area contributed by atoms with Crippen LogP contribution in [0.1, 0.15) is 28.9 Å². The van der Waals surface area contributed by atoms with Gasteiger partial charge in [0, 0.05) is 24.6 Å². The Balaban J connectivity index is 1.77. The topological polar surface area (TPSA) is 34.2 Å². The molecule has 2 rings (SSSR count). The van der Waals surface area contributed by atoms with Gasteiger partial charge in [0.05, 0.1) is 16.8 Å². The van der Waals surface area contributed by atoms with E-state index >= 15 is 0 Å². The van der Waals surface area contributed by atoms with E-state index < -0.39 is 0 Å². The third-order valence-electron chi connectivity index (χ3n) is 3.22. The molecule has 1 aromatic rings. The molecule has 0 bridgehead atoms. The molecular weight excluding hydrogens is 220 g/mol. The highest BCUT2D eigenvalue weighted by molar-refractivity contribution is 7.11. The predicted octanol–water partition coefficient (Wildman–Crippen LogP) is 2.27. The quantitative estimate of drug-likeness (QED) is 0.876. The van der Waals surface area contributed by atoms with Gasteiger partial charge in [0.15, 0.2) is 0 Å². The fraction of sp³-hybridized carbons (Fsp3) is 0.750. The van der Waals surface area contributed by atoms with E-state index in [0.29, 0.717) is 12.0 Å². The van der Waals surface area contributed by atoms with Crippen molar-refractivity contribution in [2.24, 2.45) is 5.92 Å². The Morgan fingerprint density at radius 3 is 2.88 bits per heavy atom. The van der Waals surface area contributed by atoms with Crippen LogP contribution in [0.25, 0.3) is 0 Å². The first kappa shape index (κ1) is 12.0. The molecule has 2 atom stereocenters. The van der Waals surface area contributed by atoms with Crippen molar-refractivity contribution in [1.82, 2.24) is 10.3 Å². The van der Waals surface area contributed by atoms with Gasteiger partial charge in [0.25, 0.3) is 0 Å². The minimum atomic E-state index is 0.414. The summed E-state index contributed by atoms with van der Waals surface area (Å²) in [6.07, 6.45) is 1.60. The van der Waals surface area contributed by atoms with Gasteiger partial charge in [-0.3, -0.25) is 0 Å². The lowest BCUT2D eigenvalue weighted by atomic mass is 10.0. The highest BCUT2D eigenvalue weighted by Gasteiger charge is 2.23. The summed E-state index contributed by atoms with van der Waals surface area (Å²) in [7, 11) is 0. The zero-order valence-corrected chi connectivity index (χ0v) is 11.1. The smallest absolute Gasteiger partial charge is 0.0900 e. The number of nitrogens with zero attached hydrogens (tertiary/aromatic N) is 1. The highest BCUT2D eigenvalue weighted by atomic mass is 32.1. The molecule has 16 heavy (non-hydrogen) atoms. The summed E-state index contributed by atoms with van der Waals surface area (Å²) in [5, 5.41) is 4.68. The van der Waals surface area contributed by atoms with Gasteiger partial charge in [-0.1, -0.05) is 0 Å². The molecule has 0 amide bonds. The van der Waals surface area contributed by atoms with E-state index in [1.165, 1.54) is 17.0 Å². The molecule has 0 aliphatic carbocycles. The van der Waals surface area contributed by atoms with Crippen molar-refractivity contribution in [3.8, 4) is 0 Å². The zero-order valence-electron chi connectivity index (χ0n) is 10.2. The van der Waals surface area contributed by atoms with Crippen LogP contribution in [0.2, 0.25) is 0 Å². The first-order valence-corrected chi connectivity index (χ1v) is 6.73. The van der Waals surface area contributed by atoms with Gasteiger partial charge < -0.3 is 10.1 Å². The molecular formula is C12H20N2OS. The first-order chi connectivity index (χ1) is 7.66. The number of aryl methyl sites for hydroxylation is 2. The van der Waals surface area contributed by atoms with Crippen molar-refractivity contribution < 1.29 is 4.74 Å². The number of hydrogen-bond donors (Lipinski definition) is 1. The summed E-state index contributed by atoms with van der Waals surface area (Å²) in [5.41, 5.74) is 1.17. The first-order valence-electron chi connectivity index (χ1n) is 5.92. The van der Waals surface area contributed by atoms with E-state index in [4.69, 9.17) is 4.74 Å². The molecule has 3 nitrogen and oxygen atoms in total. The van der Waals surface area contributed by atoms with Crippen LogP contribution in [0.5, 0.6) is 0 Å². The summed E-state index contributed by atoms with van der Waals surface area (Å²) >= 11 is 1.79. The maximum atomic E-state index is 5.55. The molecule has 1 aliphatic heterocycles. The molecule has 4 heteroatoms. The van der Waals surface area contributed by atoms with Crippen LogP contribution in [-0.2, 0) is 11.3 Å². The van der Waals surface area contributed by atoms with Crippen molar-refractivity contribution >= 4 is 11.3 Å². The Hall–Kier alpha value is -0.450. The zero-order chi connectivity index (χ0) is 11.5. The normalized spacial score (nSPS) is 25.2. The Labute approximate surface area is 101 Å². The van der Waals surface area contributed by atoms with Crippen molar-refractivity contribution in [2.75, 3.05) is 13.2 Å². The summed E-state index contributed by atoms with van der Waals surface area (Å²) < 4.78 is 5.55. The van der Waals surface area contributed by atoms with Crippen molar-refractivity contribution in [1.29, 1.82) is 0 Å². The minimum absolute atomic E-state index is 0.414. The second kappa shape index (κ2) is 5.25. The number of hydrogen-bond acceptors (Lipinski definition) is 4. The van der Waals surface area contributed by atoms with Gasteiger partial charge in [-0.25, -0.2) is 4.98 Å². The average molecular weight is 240 g/mol. The number of nitrogens with one attached hydrogen (secondary N) is 1. The SMILES string of the molecule is Cc1nc(C)c(CNCC2CCOC2C)s1. The van der Waals surface area contributed by atoms with Gasteiger partial charge in [-0.15, -0.1) is 11.3 Å². The lowest BCUT2D eigenvalue weighted by Gasteiger charge is -2.14. The monoisotopic (exact) mass is 240 g/mol. The second-order valence-electron chi connectivity index (χ2n) is 4.50. The van der Waals surface area contributed by atoms with Crippen LogP contribution in [0.15, 0.2) is 0 Å². The van der Waals surface area contributed by atoms with Crippen LogP contribution in [0.4, 0.5) is 0 Å². The fourth-order valence-electron chi connectivity index (χ4n) is 2.15. The van der Waals surface area contributed by atoms with E-state index in [1.54, 1.807) is 11.3 Å². The Morgan fingerprint density at radius 1 is 1.50 bits per heavy atom. The largest absolute Gasteiger partial charge is 0.378 e. The summed E-state index contributed by atoms with van der Waals surface area (Å²) in [6.45, 7) is 9.24. The molecule has 0 radical (unpaired) electrons. The maximum Gasteiger partial charge on any atom is 0.0900 e. The fourth-order valence-corrected chi connectivity index (χ4v) is 3.06. The van der Waals surface area contributed by atoms with Crippen LogP contribution >= 0.6 is 11.3 Å². The highest BCUT2D eigenvalue weighted by Crippen LogP contribution is 2.20.